The van der Waals surface area contributed by atoms with E-state index < -0.39 is 11.9 Å². The van der Waals surface area contributed by atoms with Gasteiger partial charge in [-0.1, -0.05) is 35.4 Å². The van der Waals surface area contributed by atoms with Gasteiger partial charge in [-0.2, -0.15) is 0 Å². The third-order valence-electron chi connectivity index (χ3n) is 4.28. The number of carbonyl (C=O) groups is 2. The molecule has 0 radical (unpaired) electrons. The third-order valence-corrected chi connectivity index (χ3v) is 9.28. The van der Waals surface area contributed by atoms with Gasteiger partial charge in [-0.05, 0) is 38.1 Å². The van der Waals surface area contributed by atoms with Crippen LogP contribution in [0.4, 0.5) is 0 Å². The fourth-order valence-electron chi connectivity index (χ4n) is 2.31. The Bertz CT molecular complexity index is 702. The standard InChI is InChI=1S/2C8H8O2.C6H10O2.2Hg/c2*1-6-2-4-7(5-3-6)8(9)10;1-5-3-8-6(2)4-7-5;;/h2*2-5H,1H3,(H,9,10);5-6H,1-4H2;;. The van der Waals surface area contributed by atoms with E-state index in [1.165, 1.54) is 7.86 Å². The van der Waals surface area contributed by atoms with Crippen molar-refractivity contribution in [3.05, 3.63) is 70.8 Å². The van der Waals surface area contributed by atoms with Crippen LogP contribution < -0.4 is 0 Å². The Morgan fingerprint density at radius 3 is 1.27 bits per heavy atom. The molecule has 0 aliphatic carbocycles. The van der Waals surface area contributed by atoms with Crippen molar-refractivity contribution in [2.45, 2.75) is 33.9 Å². The van der Waals surface area contributed by atoms with Crippen LogP contribution in [0.3, 0.4) is 0 Å². The van der Waals surface area contributed by atoms with Crippen molar-refractivity contribution in [1.82, 2.24) is 0 Å². The summed E-state index contributed by atoms with van der Waals surface area (Å²) in [5.41, 5.74) is 2.83. The molecule has 2 aromatic rings. The maximum atomic E-state index is 10.3. The van der Waals surface area contributed by atoms with E-state index in [1.807, 2.05) is 13.8 Å². The molecule has 30 heavy (non-hydrogen) atoms. The fraction of sp³-hybridized carbons (Fsp3) is 0.364. The van der Waals surface area contributed by atoms with Gasteiger partial charge in [0.25, 0.3) is 0 Å². The second kappa shape index (κ2) is 15.1. The molecular formula is C22H26Hg2O6. The van der Waals surface area contributed by atoms with Gasteiger partial charge in [0.1, 0.15) is 0 Å². The van der Waals surface area contributed by atoms with Crippen LogP contribution in [0.5, 0.6) is 0 Å². The summed E-state index contributed by atoms with van der Waals surface area (Å²) in [6.07, 6.45) is 0.916. The first-order valence-corrected chi connectivity index (χ1v) is 17.5. The van der Waals surface area contributed by atoms with E-state index >= 15 is 0 Å². The Balaban J connectivity index is 0.000000225. The number of aryl methyl sites for hydroxylation is 2. The molecule has 154 valence electrons. The molecule has 2 atom stereocenters. The molecule has 6 nitrogen and oxygen atoms in total. The van der Waals surface area contributed by atoms with Crippen molar-refractivity contribution in [2.75, 3.05) is 13.2 Å². The van der Waals surface area contributed by atoms with E-state index in [9.17, 15) is 9.59 Å². The Morgan fingerprint density at radius 2 is 1.07 bits per heavy atom. The number of benzene rings is 2. The molecule has 1 aliphatic rings. The molecule has 0 amide bonds. The number of rotatable bonds is 4. The van der Waals surface area contributed by atoms with Crippen molar-refractivity contribution >= 4 is 11.9 Å². The van der Waals surface area contributed by atoms with Gasteiger partial charge in [0.2, 0.25) is 0 Å². The van der Waals surface area contributed by atoms with Gasteiger partial charge in [-0.3, -0.25) is 0 Å². The van der Waals surface area contributed by atoms with Crippen LogP contribution in [0.2, 0.25) is 7.86 Å². The third kappa shape index (κ3) is 11.0. The van der Waals surface area contributed by atoms with E-state index in [1.54, 1.807) is 48.5 Å². The van der Waals surface area contributed by atoms with Crippen LogP contribution in [-0.2, 0) is 61.7 Å². The van der Waals surface area contributed by atoms with Crippen LogP contribution in [-0.4, -0.2) is 47.6 Å². The number of carboxylic acid groups (broad SMARTS) is 2. The first-order valence-electron chi connectivity index (χ1n) is 9.68. The molecule has 2 aromatic carbocycles. The summed E-state index contributed by atoms with van der Waals surface area (Å²) in [6.45, 7) is 5.58. The molecule has 2 unspecified atom stereocenters. The quantitative estimate of drug-likeness (QED) is 0.455. The van der Waals surface area contributed by atoms with Gasteiger partial charge in [0, 0.05) is 0 Å². The summed E-state index contributed by atoms with van der Waals surface area (Å²) >= 11 is 1.74. The molecule has 1 aliphatic heterocycles. The summed E-state index contributed by atoms with van der Waals surface area (Å²) in [5.74, 6) is -1.75. The number of hydrogen-bond acceptors (Lipinski definition) is 4. The Labute approximate surface area is 209 Å². The summed E-state index contributed by atoms with van der Waals surface area (Å²) < 4.78 is 13.7. The van der Waals surface area contributed by atoms with Crippen molar-refractivity contribution in [2.24, 2.45) is 0 Å². The summed E-state index contributed by atoms with van der Waals surface area (Å²) in [6, 6.07) is 13.5. The molecule has 1 heterocycles. The predicted molar refractivity (Wildman–Crippen MR) is 105 cm³/mol. The Hall–Kier alpha value is -0.830. The summed E-state index contributed by atoms with van der Waals surface area (Å²) in [5, 5.41) is 17.0. The normalized spacial score (nSPS) is 17.7. The van der Waals surface area contributed by atoms with Crippen LogP contribution in [0.15, 0.2) is 48.5 Å². The van der Waals surface area contributed by atoms with Gasteiger partial charge in [-0.25, -0.2) is 9.59 Å². The molecule has 0 aromatic heterocycles. The van der Waals surface area contributed by atoms with E-state index in [-0.39, 0.29) is 0 Å². The van der Waals surface area contributed by atoms with Crippen LogP contribution in [0, 0.1) is 13.8 Å². The van der Waals surface area contributed by atoms with Crippen molar-refractivity contribution < 1.29 is 81.5 Å². The van der Waals surface area contributed by atoms with Gasteiger partial charge >= 0.3 is 107 Å². The maximum absolute atomic E-state index is 10.3. The average molecular weight is 788 g/mol. The predicted octanol–water partition coefficient (Wildman–Crippen LogP) is 4.09. The summed E-state index contributed by atoms with van der Waals surface area (Å²) in [4.78, 5) is 20.6. The SMILES string of the molecule is Cc1ccc(C(=O)O)cc1.Cc1ccc(C(=O)O)cc1.[Hg][CH2]C1COC([CH2][Hg])CO1. The number of carboxylic acids is 2. The van der Waals surface area contributed by atoms with Crippen LogP contribution in [0.1, 0.15) is 31.8 Å². The molecule has 2 N–H and O–H groups in total. The molecule has 0 saturated carbocycles. The fourth-order valence-corrected chi connectivity index (χ4v) is 4.90. The molecule has 1 fully saturated rings. The monoisotopic (exact) mass is 790 g/mol. The second-order valence-corrected chi connectivity index (χ2v) is 11.3. The molecule has 0 bridgehead atoms. The second-order valence-electron chi connectivity index (χ2n) is 6.83. The number of aromatic carboxylic acids is 2. The minimum absolute atomic E-state index is 0.339. The van der Waals surface area contributed by atoms with E-state index in [4.69, 9.17) is 19.7 Å². The first kappa shape index (κ1) is 27.2. The molecule has 1 saturated heterocycles. The van der Waals surface area contributed by atoms with Crippen LogP contribution in [0.25, 0.3) is 0 Å². The average Bonchev–Trinajstić information content (AvgIpc) is 2.75. The van der Waals surface area contributed by atoms with Crippen LogP contribution >= 0.6 is 0 Å². The van der Waals surface area contributed by atoms with Gasteiger partial charge in [0.15, 0.2) is 0 Å². The molecule has 8 heteroatoms. The van der Waals surface area contributed by atoms with E-state index in [0.717, 1.165) is 76.6 Å². The zero-order chi connectivity index (χ0) is 22.5. The van der Waals surface area contributed by atoms with Crippen molar-refractivity contribution in [3.8, 4) is 0 Å². The van der Waals surface area contributed by atoms with Crippen molar-refractivity contribution in [3.63, 3.8) is 0 Å². The van der Waals surface area contributed by atoms with Crippen molar-refractivity contribution in [1.29, 1.82) is 0 Å². The number of hydrogen-bond donors (Lipinski definition) is 2. The molecule has 0 spiro atoms. The van der Waals surface area contributed by atoms with Gasteiger partial charge in [-0.15, -0.1) is 0 Å². The number of ether oxygens (including phenoxy) is 2. The Morgan fingerprint density at radius 1 is 0.767 bits per heavy atom. The summed E-state index contributed by atoms with van der Waals surface area (Å²) in [7, 11) is 0. The molecular weight excluding hydrogens is 761 g/mol. The van der Waals surface area contributed by atoms with E-state index in [2.05, 4.69) is 0 Å². The Kier molecular flexibility index (Phi) is 13.6. The topological polar surface area (TPSA) is 93.1 Å². The zero-order valence-corrected chi connectivity index (χ0v) is 28.5. The van der Waals surface area contributed by atoms with Gasteiger partial charge in [0.05, 0.1) is 11.1 Å². The van der Waals surface area contributed by atoms with E-state index in [0.29, 0.717) is 23.3 Å². The zero-order valence-electron chi connectivity index (χ0n) is 17.5. The minimum atomic E-state index is -0.875. The molecule has 3 rings (SSSR count). The first-order chi connectivity index (χ1) is 14.3. The van der Waals surface area contributed by atoms with Gasteiger partial charge < -0.3 is 10.2 Å².